The van der Waals surface area contributed by atoms with E-state index in [0.717, 1.165) is 50.6 Å². The maximum Gasteiger partial charge on any atom is 0.246 e. The molecule has 0 amide bonds. The van der Waals surface area contributed by atoms with E-state index in [-0.39, 0.29) is 0 Å². The summed E-state index contributed by atoms with van der Waals surface area (Å²) in [4.78, 5) is 17.8. The number of nitrogens with one attached hydrogen (secondary N) is 2. The zero-order valence-corrected chi connectivity index (χ0v) is 20.9. The highest BCUT2D eigenvalue weighted by Crippen LogP contribution is 2.33. The van der Waals surface area contributed by atoms with Gasteiger partial charge in [-0.3, -0.25) is 15.0 Å². The van der Waals surface area contributed by atoms with Crippen LogP contribution in [0.25, 0.3) is 11.0 Å². The average molecular weight is 509 g/mol. The molecular formula is C25H29ClN8O2. The number of benzene rings is 1. The summed E-state index contributed by atoms with van der Waals surface area (Å²) in [5.74, 6) is 1.63. The van der Waals surface area contributed by atoms with E-state index in [0.29, 0.717) is 46.7 Å². The minimum Gasteiger partial charge on any atom is -0.486 e. The van der Waals surface area contributed by atoms with Crippen LogP contribution in [-0.4, -0.2) is 80.8 Å². The van der Waals surface area contributed by atoms with Crippen molar-refractivity contribution < 1.29 is 9.47 Å². The van der Waals surface area contributed by atoms with E-state index < -0.39 is 0 Å². The molecule has 0 saturated carbocycles. The first-order chi connectivity index (χ1) is 17.7. The van der Waals surface area contributed by atoms with Gasteiger partial charge in [0.15, 0.2) is 5.65 Å². The quantitative estimate of drug-likeness (QED) is 0.331. The standard InChI is InChI=1S/C25H29ClN8O2/c1-2-33-9-11-34(12-10-33)13-14-35-25-22-23(28-17-29-24(22)31-32-25)30-18-6-7-21(20(26)15-18)36-16-19-5-3-4-8-27-19/h3-8,15,17H,2,9-14,16H2,1H3,(H2,28,29,30,31,32). The minimum atomic E-state index is 0.337. The number of halogens is 1. The molecule has 0 radical (unpaired) electrons. The van der Waals surface area contributed by atoms with Gasteiger partial charge in [0.1, 0.15) is 36.5 Å². The molecule has 0 atom stereocenters. The molecule has 0 bridgehead atoms. The smallest absolute Gasteiger partial charge is 0.246 e. The Kier molecular flexibility index (Phi) is 7.75. The van der Waals surface area contributed by atoms with Crippen molar-refractivity contribution >= 4 is 34.1 Å². The van der Waals surface area contributed by atoms with Gasteiger partial charge in [0.05, 0.1) is 10.7 Å². The molecule has 36 heavy (non-hydrogen) atoms. The highest BCUT2D eigenvalue weighted by molar-refractivity contribution is 6.32. The Hall–Kier alpha value is -3.47. The van der Waals surface area contributed by atoms with Crippen molar-refractivity contribution in [3.05, 3.63) is 59.6 Å². The summed E-state index contributed by atoms with van der Waals surface area (Å²) in [6.45, 7) is 9.32. The van der Waals surface area contributed by atoms with Crippen LogP contribution in [0, 0.1) is 0 Å². The number of ether oxygens (including phenoxy) is 2. The van der Waals surface area contributed by atoms with E-state index in [2.05, 4.69) is 47.2 Å². The van der Waals surface area contributed by atoms with Crippen LogP contribution in [0.5, 0.6) is 11.6 Å². The highest BCUT2D eigenvalue weighted by atomic mass is 35.5. The molecule has 1 aliphatic heterocycles. The first-order valence-electron chi connectivity index (χ1n) is 12.1. The van der Waals surface area contributed by atoms with E-state index in [1.165, 1.54) is 6.33 Å². The molecule has 11 heteroatoms. The molecule has 0 spiro atoms. The van der Waals surface area contributed by atoms with Crippen molar-refractivity contribution in [2.24, 2.45) is 0 Å². The third-order valence-electron chi connectivity index (χ3n) is 6.18. The van der Waals surface area contributed by atoms with Gasteiger partial charge in [-0.05, 0) is 36.9 Å². The van der Waals surface area contributed by atoms with Crippen LogP contribution in [0.4, 0.5) is 11.5 Å². The van der Waals surface area contributed by atoms with E-state index in [4.69, 9.17) is 21.1 Å². The molecule has 1 fully saturated rings. The second-order valence-electron chi connectivity index (χ2n) is 8.48. The van der Waals surface area contributed by atoms with Gasteiger partial charge in [0, 0.05) is 44.6 Å². The van der Waals surface area contributed by atoms with Crippen LogP contribution < -0.4 is 14.8 Å². The van der Waals surface area contributed by atoms with E-state index in [9.17, 15) is 0 Å². The summed E-state index contributed by atoms with van der Waals surface area (Å²) in [7, 11) is 0. The predicted molar refractivity (Wildman–Crippen MR) is 139 cm³/mol. The molecule has 1 saturated heterocycles. The maximum atomic E-state index is 6.48. The number of nitrogens with zero attached hydrogens (tertiary/aromatic N) is 6. The second kappa shape index (κ2) is 11.5. The summed E-state index contributed by atoms with van der Waals surface area (Å²) in [6, 6.07) is 11.2. The molecular weight excluding hydrogens is 480 g/mol. The molecule has 0 unspecified atom stereocenters. The number of rotatable bonds is 10. The Labute approximate surface area is 214 Å². The van der Waals surface area contributed by atoms with Gasteiger partial charge in [0.2, 0.25) is 5.88 Å². The fraction of sp³-hybridized carbons (Fsp3) is 0.360. The van der Waals surface area contributed by atoms with Crippen LogP contribution in [-0.2, 0) is 6.61 Å². The third kappa shape index (κ3) is 5.84. The van der Waals surface area contributed by atoms with Crippen molar-refractivity contribution in [1.82, 2.24) is 34.9 Å². The number of H-pyrrole nitrogens is 1. The largest absolute Gasteiger partial charge is 0.486 e. The van der Waals surface area contributed by atoms with Crippen molar-refractivity contribution in [1.29, 1.82) is 0 Å². The lowest BCUT2D eigenvalue weighted by atomic mass is 10.3. The molecule has 1 aromatic carbocycles. The number of aromatic nitrogens is 5. The zero-order valence-electron chi connectivity index (χ0n) is 20.2. The first kappa shape index (κ1) is 24.2. The van der Waals surface area contributed by atoms with Crippen LogP contribution in [0.3, 0.4) is 0 Å². The van der Waals surface area contributed by atoms with Crippen molar-refractivity contribution in [2.75, 3.05) is 51.2 Å². The Morgan fingerprint density at radius 2 is 1.89 bits per heavy atom. The number of hydrogen-bond donors (Lipinski definition) is 2. The number of aromatic amines is 1. The molecule has 0 aliphatic carbocycles. The molecule has 1 aliphatic rings. The Bertz CT molecular complexity index is 1280. The van der Waals surface area contributed by atoms with Gasteiger partial charge in [0.25, 0.3) is 0 Å². The predicted octanol–water partition coefficient (Wildman–Crippen LogP) is 3.74. The fourth-order valence-corrected chi connectivity index (χ4v) is 4.33. The van der Waals surface area contributed by atoms with Crippen molar-refractivity contribution in [2.45, 2.75) is 13.5 Å². The van der Waals surface area contributed by atoms with E-state index in [1.54, 1.807) is 12.3 Å². The van der Waals surface area contributed by atoms with E-state index in [1.807, 2.05) is 30.3 Å². The third-order valence-corrected chi connectivity index (χ3v) is 6.47. The number of likely N-dealkylation sites (N-methyl/N-ethyl adjacent to an activating group) is 1. The first-order valence-corrected chi connectivity index (χ1v) is 12.4. The molecule has 2 N–H and O–H groups in total. The average Bonchev–Trinajstić information content (AvgIpc) is 3.33. The highest BCUT2D eigenvalue weighted by Gasteiger charge is 2.18. The number of fused-ring (bicyclic) bond motifs is 1. The topological polar surface area (TPSA) is 104 Å². The number of anilines is 2. The second-order valence-corrected chi connectivity index (χ2v) is 8.89. The normalized spacial score (nSPS) is 14.7. The van der Waals surface area contributed by atoms with Crippen molar-refractivity contribution in [3.8, 4) is 11.6 Å². The van der Waals surface area contributed by atoms with Gasteiger partial charge in [-0.15, -0.1) is 5.10 Å². The Morgan fingerprint density at radius 1 is 1.03 bits per heavy atom. The molecule has 4 heterocycles. The van der Waals surface area contributed by atoms with Gasteiger partial charge < -0.3 is 19.7 Å². The maximum absolute atomic E-state index is 6.48. The molecule has 4 aromatic rings. The molecule has 5 rings (SSSR count). The van der Waals surface area contributed by atoms with Gasteiger partial charge in [-0.1, -0.05) is 24.6 Å². The van der Waals surface area contributed by atoms with Crippen LogP contribution in [0.2, 0.25) is 5.02 Å². The zero-order chi connectivity index (χ0) is 24.7. The van der Waals surface area contributed by atoms with Gasteiger partial charge in [-0.2, -0.15) is 0 Å². The van der Waals surface area contributed by atoms with Crippen molar-refractivity contribution in [3.63, 3.8) is 0 Å². The summed E-state index contributed by atoms with van der Waals surface area (Å²) in [6.07, 6.45) is 3.21. The summed E-state index contributed by atoms with van der Waals surface area (Å²) in [5, 5.41) is 11.7. The van der Waals surface area contributed by atoms with Crippen LogP contribution >= 0.6 is 11.6 Å². The van der Waals surface area contributed by atoms with Crippen LogP contribution in [0.1, 0.15) is 12.6 Å². The monoisotopic (exact) mass is 508 g/mol. The molecule has 10 nitrogen and oxygen atoms in total. The fourth-order valence-electron chi connectivity index (χ4n) is 4.10. The molecule has 3 aromatic heterocycles. The van der Waals surface area contributed by atoms with Gasteiger partial charge in [-0.25, -0.2) is 9.97 Å². The summed E-state index contributed by atoms with van der Waals surface area (Å²) in [5.41, 5.74) is 2.18. The number of hydrogen-bond acceptors (Lipinski definition) is 9. The number of pyridine rings is 1. The van der Waals surface area contributed by atoms with E-state index >= 15 is 0 Å². The number of piperazine rings is 1. The summed E-state index contributed by atoms with van der Waals surface area (Å²) >= 11 is 6.48. The van der Waals surface area contributed by atoms with Crippen LogP contribution in [0.15, 0.2) is 48.9 Å². The lowest BCUT2D eigenvalue weighted by molar-refractivity contribution is 0.120. The SMILES string of the molecule is CCN1CCN(CCOc2n[nH]c3ncnc(Nc4ccc(OCc5ccccn5)c(Cl)c4)c23)CC1. The lowest BCUT2D eigenvalue weighted by Crippen LogP contribution is -2.47. The van der Waals surface area contributed by atoms with Gasteiger partial charge >= 0.3 is 0 Å². The Balaban J connectivity index is 1.23. The lowest BCUT2D eigenvalue weighted by Gasteiger charge is -2.33. The Morgan fingerprint density at radius 3 is 2.67 bits per heavy atom. The minimum absolute atomic E-state index is 0.337. The molecule has 188 valence electrons. The summed E-state index contributed by atoms with van der Waals surface area (Å²) < 4.78 is 11.9.